The van der Waals surface area contributed by atoms with Crippen molar-refractivity contribution in [2.75, 3.05) is 34.9 Å². The van der Waals surface area contributed by atoms with Crippen LogP contribution in [0.4, 0.5) is 0 Å². The van der Waals surface area contributed by atoms with Crippen molar-refractivity contribution in [3.8, 4) is 0 Å². The van der Waals surface area contributed by atoms with Crippen molar-refractivity contribution in [1.29, 1.82) is 0 Å². The van der Waals surface area contributed by atoms with Gasteiger partial charge in [0.15, 0.2) is 0 Å². The van der Waals surface area contributed by atoms with Gasteiger partial charge in [-0.15, -0.1) is 0 Å². The molecule has 0 aromatic heterocycles. The lowest BCUT2D eigenvalue weighted by molar-refractivity contribution is -0.147. The number of amides is 3. The molecule has 0 aliphatic carbocycles. The maximum Gasteiger partial charge on any atom is 0.240 e. The predicted molar refractivity (Wildman–Crippen MR) is 201 cm³/mol. The van der Waals surface area contributed by atoms with E-state index in [0.29, 0.717) is 18.5 Å². The summed E-state index contributed by atoms with van der Waals surface area (Å²) in [6.45, 7) is 16.1. The quantitative estimate of drug-likeness (QED) is 0.121. The summed E-state index contributed by atoms with van der Waals surface area (Å²) in [6, 6.07) is 7.02. The van der Waals surface area contributed by atoms with E-state index in [2.05, 4.69) is 29.8 Å². The lowest BCUT2D eigenvalue weighted by Crippen LogP contribution is -2.61. The lowest BCUT2D eigenvalue weighted by Gasteiger charge is -2.41. The summed E-state index contributed by atoms with van der Waals surface area (Å²) in [4.78, 5) is 45.2. The van der Waals surface area contributed by atoms with Gasteiger partial charge in [0, 0.05) is 33.9 Å². The summed E-state index contributed by atoms with van der Waals surface area (Å²) >= 11 is 0. The van der Waals surface area contributed by atoms with Gasteiger partial charge in [0.05, 0.1) is 54.8 Å². The van der Waals surface area contributed by atoms with Crippen LogP contribution in [-0.4, -0.2) is 121 Å². The molecule has 1 fully saturated rings. The summed E-state index contributed by atoms with van der Waals surface area (Å²) < 4.78 is 11.9. The molecule has 12 nitrogen and oxygen atoms in total. The van der Waals surface area contributed by atoms with Gasteiger partial charge < -0.3 is 40.1 Å². The highest BCUT2D eigenvalue weighted by Crippen LogP contribution is 2.30. The molecular weight excluding hydrogens is 650 g/mol. The normalized spacial score (nSPS) is 20.9. The van der Waals surface area contributed by atoms with Crippen molar-refractivity contribution in [2.24, 2.45) is 23.7 Å². The number of likely N-dealkylation sites (N-methyl/N-ethyl adjacent to an activating group) is 2. The van der Waals surface area contributed by atoms with Gasteiger partial charge in [-0.3, -0.25) is 19.7 Å². The van der Waals surface area contributed by atoms with E-state index in [1.807, 2.05) is 58.0 Å². The van der Waals surface area contributed by atoms with E-state index in [1.54, 1.807) is 52.0 Å². The van der Waals surface area contributed by atoms with Crippen LogP contribution in [0.25, 0.3) is 0 Å². The highest BCUT2D eigenvalue weighted by atomic mass is 16.5. The summed E-state index contributed by atoms with van der Waals surface area (Å²) in [5.41, 5.74) is 0.715. The monoisotopic (exact) mass is 720 g/mol. The highest BCUT2D eigenvalue weighted by molar-refractivity contribution is 5.83. The van der Waals surface area contributed by atoms with Crippen molar-refractivity contribution in [2.45, 2.75) is 136 Å². The molecule has 12 heteroatoms. The Labute approximate surface area is 307 Å². The van der Waals surface area contributed by atoms with Crippen molar-refractivity contribution in [3.05, 3.63) is 35.9 Å². The number of rotatable bonds is 21. The molecule has 1 saturated heterocycles. The number of methoxy groups -OCH3 is 2. The summed E-state index contributed by atoms with van der Waals surface area (Å²) in [5.74, 6) is -1.12. The second-order valence-electron chi connectivity index (χ2n) is 15.1. The molecule has 2 rings (SSSR count). The minimum Gasteiger partial charge on any atom is -0.386 e. The van der Waals surface area contributed by atoms with E-state index in [1.165, 1.54) is 0 Å². The molecule has 5 N–H and O–H groups in total. The molecule has 0 spiro atoms. The molecule has 0 saturated carbocycles. The van der Waals surface area contributed by atoms with Gasteiger partial charge in [-0.2, -0.15) is 0 Å². The molecular formula is C39H69N5O7. The molecule has 1 aliphatic rings. The molecule has 0 radical (unpaired) electrons. The zero-order chi connectivity index (χ0) is 38.6. The van der Waals surface area contributed by atoms with Crippen LogP contribution in [0.3, 0.4) is 0 Å². The number of nitrogens with one attached hydrogen (secondary N) is 3. The second kappa shape index (κ2) is 21.2. The van der Waals surface area contributed by atoms with Crippen LogP contribution < -0.4 is 16.0 Å². The van der Waals surface area contributed by atoms with E-state index in [4.69, 9.17) is 9.47 Å². The van der Waals surface area contributed by atoms with E-state index in [0.717, 1.165) is 12.8 Å². The van der Waals surface area contributed by atoms with Crippen molar-refractivity contribution in [3.63, 3.8) is 0 Å². The van der Waals surface area contributed by atoms with Gasteiger partial charge in [-0.05, 0) is 50.1 Å². The second-order valence-corrected chi connectivity index (χ2v) is 15.1. The summed E-state index contributed by atoms with van der Waals surface area (Å²) in [7, 11) is 6.68. The number of ether oxygens (including phenoxy) is 2. The molecule has 292 valence electrons. The molecule has 51 heavy (non-hydrogen) atoms. The average molecular weight is 720 g/mol. The van der Waals surface area contributed by atoms with Crippen LogP contribution in [0.1, 0.15) is 92.7 Å². The molecule has 1 unspecified atom stereocenters. The van der Waals surface area contributed by atoms with Crippen molar-refractivity contribution >= 4 is 17.7 Å². The Morgan fingerprint density at radius 2 is 1.61 bits per heavy atom. The third-order valence-electron chi connectivity index (χ3n) is 10.9. The maximum absolute atomic E-state index is 14.2. The Morgan fingerprint density at radius 1 is 0.980 bits per heavy atom. The van der Waals surface area contributed by atoms with E-state index in [-0.39, 0.29) is 54.0 Å². The van der Waals surface area contributed by atoms with Gasteiger partial charge in [-0.25, -0.2) is 0 Å². The molecule has 1 aliphatic heterocycles. The first kappa shape index (κ1) is 44.6. The fraction of sp³-hybridized carbons (Fsp3) is 0.769. The van der Waals surface area contributed by atoms with E-state index < -0.39 is 48.6 Å². The van der Waals surface area contributed by atoms with E-state index >= 15 is 0 Å². The van der Waals surface area contributed by atoms with Gasteiger partial charge in [-0.1, -0.05) is 85.2 Å². The summed E-state index contributed by atoms with van der Waals surface area (Å²) in [5, 5.41) is 31.1. The number of carbonyl (C=O) groups is 3. The molecule has 1 aromatic rings. The van der Waals surface area contributed by atoms with Crippen LogP contribution in [0.2, 0.25) is 0 Å². The molecule has 0 bridgehead atoms. The van der Waals surface area contributed by atoms with Crippen LogP contribution in [0.15, 0.2) is 30.3 Å². The smallest absolute Gasteiger partial charge is 0.240 e. The Hall–Kier alpha value is -2.61. The standard InChI is InChI=1S/C39H69N5O7/c1-13-25(6)34(43(10)39(49)33(24(4)5)42-38(48)32(40-9)23(2)3)30(50-11)22-31(45)44-21-17-20-29(44)36(51-12)26(7)37(47)41-27(8)35(46)28-18-15-14-16-19-28/h14-16,18-19,23-27,29-30,32-36,38,40,42,46,48H,13,17,20-22H2,1-12H3,(H,41,47)/t25-,26+,27+,29-,30+,32-,33-,34-,35+,36+,38?/m0/s1. The number of hydrogen-bond acceptors (Lipinski definition) is 9. The Bertz CT molecular complexity index is 1200. The molecule has 1 aromatic carbocycles. The first-order chi connectivity index (χ1) is 24.0. The van der Waals surface area contributed by atoms with Crippen LogP contribution >= 0.6 is 0 Å². The largest absolute Gasteiger partial charge is 0.386 e. The van der Waals surface area contributed by atoms with Crippen LogP contribution in [0, 0.1) is 23.7 Å². The predicted octanol–water partition coefficient (Wildman–Crippen LogP) is 3.32. The zero-order valence-electron chi connectivity index (χ0n) is 33.3. The first-order valence-electron chi connectivity index (χ1n) is 18.8. The minimum atomic E-state index is -0.941. The Morgan fingerprint density at radius 3 is 2.12 bits per heavy atom. The summed E-state index contributed by atoms with van der Waals surface area (Å²) in [6.07, 6.45) is -0.707. The number of nitrogens with zero attached hydrogens (tertiary/aromatic N) is 2. The van der Waals surface area contributed by atoms with Gasteiger partial charge >= 0.3 is 0 Å². The third kappa shape index (κ3) is 11.7. The maximum atomic E-state index is 14.2. The first-order valence-corrected chi connectivity index (χ1v) is 18.8. The SMILES string of the molecule is CC[C@H](C)[C@@H]([C@@H](CC(=O)N1CCC[C@H]1[C@H](OC)[C@@H](C)C(=O)N[C@H](C)[C@@H](O)c1ccccc1)OC)N(C)C(=O)[C@@H](NC(O)[C@@H](NC)C(C)C)C(C)C. The van der Waals surface area contributed by atoms with Gasteiger partial charge in [0.25, 0.3) is 0 Å². The van der Waals surface area contributed by atoms with Crippen LogP contribution in [0.5, 0.6) is 0 Å². The van der Waals surface area contributed by atoms with Gasteiger partial charge in [0.2, 0.25) is 17.7 Å². The molecule has 11 atom stereocenters. The zero-order valence-corrected chi connectivity index (χ0v) is 33.3. The minimum absolute atomic E-state index is 0.00759. The molecule has 3 amide bonds. The third-order valence-corrected chi connectivity index (χ3v) is 10.9. The van der Waals surface area contributed by atoms with Gasteiger partial charge in [0.1, 0.15) is 6.23 Å². The van der Waals surface area contributed by atoms with Crippen molar-refractivity contribution < 1.29 is 34.1 Å². The number of likely N-dealkylation sites (tertiary alicyclic amines) is 1. The lowest BCUT2D eigenvalue weighted by atomic mass is 9.89. The highest BCUT2D eigenvalue weighted by Gasteiger charge is 2.43. The Kier molecular flexibility index (Phi) is 18.5. The van der Waals surface area contributed by atoms with Crippen LogP contribution in [-0.2, 0) is 23.9 Å². The fourth-order valence-corrected chi connectivity index (χ4v) is 7.59. The topological polar surface area (TPSA) is 153 Å². The Balaban J connectivity index is 2.24. The number of aliphatic hydroxyl groups excluding tert-OH is 2. The number of aliphatic hydroxyl groups is 2. The molecule has 1 heterocycles. The average Bonchev–Trinajstić information content (AvgIpc) is 3.59. The number of hydrogen-bond donors (Lipinski definition) is 5. The fourth-order valence-electron chi connectivity index (χ4n) is 7.59. The van der Waals surface area contributed by atoms with E-state index in [9.17, 15) is 24.6 Å². The van der Waals surface area contributed by atoms with Crippen molar-refractivity contribution in [1.82, 2.24) is 25.8 Å². The number of benzene rings is 1. The number of carbonyl (C=O) groups excluding carboxylic acids is 3.